The maximum atomic E-state index is 12.5. The second-order valence-corrected chi connectivity index (χ2v) is 12.1. The fraction of sp³-hybridized carbons (Fsp3) is 0.654. The molecular formula is C26H34ClN3O4. The maximum absolute atomic E-state index is 12.5. The Labute approximate surface area is 205 Å². The maximum Gasteiger partial charge on any atom is 0.252 e. The van der Waals surface area contributed by atoms with Crippen molar-refractivity contribution in [1.82, 2.24) is 10.6 Å². The van der Waals surface area contributed by atoms with Gasteiger partial charge in [-0.15, -0.1) is 11.6 Å². The molecule has 0 radical (unpaired) electrons. The molecule has 2 saturated carbocycles. The van der Waals surface area contributed by atoms with Gasteiger partial charge in [0, 0.05) is 59.5 Å². The molecule has 0 aromatic heterocycles. The number of amides is 3. The van der Waals surface area contributed by atoms with Crippen molar-refractivity contribution in [3.05, 3.63) is 28.3 Å². The van der Waals surface area contributed by atoms with Crippen LogP contribution < -0.4 is 21.1 Å². The summed E-state index contributed by atoms with van der Waals surface area (Å²) < 4.78 is 7.17. The SMILES string of the molecule is CC(=O)NC1C[C@@]23Oc4c(c(C(N)=O)cc5c4CNC5=O)C[C@]2(C)[C@@H](C)CC[C@H]3C(C)(C)C1Cl. The van der Waals surface area contributed by atoms with Gasteiger partial charge in [0.1, 0.15) is 11.4 Å². The Hall–Kier alpha value is -2.28. The van der Waals surface area contributed by atoms with Gasteiger partial charge in [0.2, 0.25) is 11.8 Å². The quantitative estimate of drug-likeness (QED) is 0.556. The van der Waals surface area contributed by atoms with E-state index in [9.17, 15) is 14.4 Å². The van der Waals surface area contributed by atoms with Gasteiger partial charge in [0.05, 0.1) is 5.38 Å². The number of alkyl halides is 1. The van der Waals surface area contributed by atoms with Crippen molar-refractivity contribution in [3.8, 4) is 5.75 Å². The first-order chi connectivity index (χ1) is 15.8. The average molecular weight is 488 g/mol. The van der Waals surface area contributed by atoms with Crippen LogP contribution in [0.25, 0.3) is 0 Å². The van der Waals surface area contributed by atoms with Gasteiger partial charge in [-0.2, -0.15) is 0 Å². The van der Waals surface area contributed by atoms with Crippen molar-refractivity contribution in [1.29, 1.82) is 0 Å². The lowest BCUT2D eigenvalue weighted by atomic mass is 9.43. The van der Waals surface area contributed by atoms with Gasteiger partial charge in [-0.1, -0.05) is 27.7 Å². The third-order valence-electron chi connectivity index (χ3n) is 9.63. The lowest BCUT2D eigenvalue weighted by molar-refractivity contribution is -0.214. The number of rotatable bonds is 2. The van der Waals surface area contributed by atoms with Crippen LogP contribution in [-0.2, 0) is 17.8 Å². The summed E-state index contributed by atoms with van der Waals surface area (Å²) in [5, 5.41) is 5.72. The summed E-state index contributed by atoms with van der Waals surface area (Å²) in [4.78, 5) is 37.2. The molecule has 4 aliphatic rings. The zero-order valence-corrected chi connectivity index (χ0v) is 21.3. The summed E-state index contributed by atoms with van der Waals surface area (Å²) in [5.74, 6) is 0.180. The van der Waals surface area contributed by atoms with Crippen LogP contribution in [0.1, 0.15) is 85.7 Å². The minimum absolute atomic E-state index is 0.116. The second kappa shape index (κ2) is 7.36. The molecule has 7 nitrogen and oxygen atoms in total. The molecule has 2 fully saturated rings. The molecule has 2 aliphatic carbocycles. The van der Waals surface area contributed by atoms with Crippen molar-refractivity contribution in [2.45, 2.75) is 83.9 Å². The molecule has 3 amide bonds. The van der Waals surface area contributed by atoms with Crippen LogP contribution in [0.3, 0.4) is 0 Å². The first kappa shape index (κ1) is 23.5. The highest BCUT2D eigenvalue weighted by Crippen LogP contribution is 2.67. The molecule has 2 aliphatic heterocycles. The summed E-state index contributed by atoms with van der Waals surface area (Å²) in [6, 6.07) is 1.37. The molecule has 34 heavy (non-hydrogen) atoms. The number of carbonyl (C=O) groups excluding carboxylic acids is 3. The molecule has 0 saturated heterocycles. The summed E-state index contributed by atoms with van der Waals surface area (Å²) in [6.07, 6.45) is 3.18. The van der Waals surface area contributed by atoms with E-state index in [2.05, 4.69) is 38.3 Å². The van der Waals surface area contributed by atoms with Crippen LogP contribution in [0.4, 0.5) is 0 Å². The Balaban J connectivity index is 1.76. The standard InChI is InChI=1S/C26H34ClN3O4/c1-12-6-7-19-24(3,4)21(27)18(30-13(2)31)10-26(19)25(12,5)9-16-14(22(28)32)8-15-17(20(16)34-26)11-29-23(15)33/h8,12,18-19,21H,6-7,9-11H2,1-5H3,(H2,28,32)(H,29,33)(H,30,31)/t12-,18?,19-,21?,25+,26-/m0/s1. The molecule has 6 atom stereocenters. The predicted molar refractivity (Wildman–Crippen MR) is 129 cm³/mol. The number of fused-ring (bicyclic) bond motifs is 3. The van der Waals surface area contributed by atoms with Crippen LogP contribution in [0, 0.1) is 22.7 Å². The monoisotopic (exact) mass is 487 g/mol. The van der Waals surface area contributed by atoms with E-state index in [1.54, 1.807) is 6.07 Å². The number of carbonyl (C=O) groups is 3. The van der Waals surface area contributed by atoms with E-state index in [-0.39, 0.29) is 40.0 Å². The fourth-order valence-corrected chi connectivity index (χ4v) is 7.97. The molecular weight excluding hydrogens is 454 g/mol. The number of nitrogens with one attached hydrogen (secondary N) is 2. The zero-order valence-electron chi connectivity index (χ0n) is 20.5. The normalized spacial score (nSPS) is 37.3. The Bertz CT molecular complexity index is 1120. The van der Waals surface area contributed by atoms with Crippen molar-refractivity contribution in [2.24, 2.45) is 28.4 Å². The molecule has 1 spiro atoms. The van der Waals surface area contributed by atoms with Gasteiger partial charge in [-0.3, -0.25) is 14.4 Å². The van der Waals surface area contributed by atoms with E-state index in [1.165, 1.54) is 6.92 Å². The van der Waals surface area contributed by atoms with E-state index >= 15 is 0 Å². The molecule has 4 N–H and O–H groups in total. The summed E-state index contributed by atoms with van der Waals surface area (Å²) in [5.41, 5.74) is 6.96. The van der Waals surface area contributed by atoms with Crippen molar-refractivity contribution in [3.63, 3.8) is 0 Å². The molecule has 0 bridgehead atoms. The third kappa shape index (κ3) is 2.91. The lowest BCUT2D eigenvalue weighted by Gasteiger charge is -2.68. The summed E-state index contributed by atoms with van der Waals surface area (Å²) in [6.45, 7) is 10.7. The molecule has 5 rings (SSSR count). The number of ether oxygens (including phenoxy) is 1. The Morgan fingerprint density at radius 1 is 1.24 bits per heavy atom. The number of nitrogens with two attached hydrogens (primary N) is 1. The Morgan fingerprint density at radius 3 is 2.59 bits per heavy atom. The third-order valence-corrected chi connectivity index (χ3v) is 10.5. The Kier molecular flexibility index (Phi) is 5.08. The largest absolute Gasteiger partial charge is 0.486 e. The first-order valence-electron chi connectivity index (χ1n) is 12.2. The number of benzene rings is 1. The van der Waals surface area contributed by atoms with Crippen molar-refractivity contribution in [2.75, 3.05) is 0 Å². The van der Waals surface area contributed by atoms with Gasteiger partial charge in [0.25, 0.3) is 5.91 Å². The van der Waals surface area contributed by atoms with Gasteiger partial charge < -0.3 is 21.1 Å². The van der Waals surface area contributed by atoms with Crippen LogP contribution in [-0.4, -0.2) is 34.7 Å². The number of hydrogen-bond donors (Lipinski definition) is 3. The smallest absolute Gasteiger partial charge is 0.252 e. The van der Waals surface area contributed by atoms with E-state index in [4.69, 9.17) is 22.1 Å². The van der Waals surface area contributed by atoms with Crippen LogP contribution in [0.2, 0.25) is 0 Å². The van der Waals surface area contributed by atoms with Gasteiger partial charge in [-0.25, -0.2) is 0 Å². The van der Waals surface area contributed by atoms with Gasteiger partial charge in [-0.05, 0) is 36.7 Å². The topological polar surface area (TPSA) is 111 Å². The first-order valence-corrected chi connectivity index (χ1v) is 12.6. The minimum atomic E-state index is -0.616. The number of hydrogen-bond acceptors (Lipinski definition) is 4. The highest BCUT2D eigenvalue weighted by atomic mass is 35.5. The van der Waals surface area contributed by atoms with E-state index in [0.29, 0.717) is 42.2 Å². The summed E-state index contributed by atoms with van der Waals surface area (Å²) in [7, 11) is 0. The molecule has 1 aromatic carbocycles. The van der Waals surface area contributed by atoms with E-state index in [0.717, 1.165) is 24.0 Å². The zero-order chi connectivity index (χ0) is 24.8. The highest BCUT2D eigenvalue weighted by molar-refractivity contribution is 6.21. The Morgan fingerprint density at radius 2 is 1.94 bits per heavy atom. The van der Waals surface area contributed by atoms with E-state index < -0.39 is 11.5 Å². The van der Waals surface area contributed by atoms with Crippen molar-refractivity contribution >= 4 is 29.3 Å². The fourth-order valence-electron chi connectivity index (χ4n) is 7.67. The van der Waals surface area contributed by atoms with Crippen LogP contribution in [0.5, 0.6) is 5.75 Å². The molecule has 1 aromatic rings. The van der Waals surface area contributed by atoms with Gasteiger partial charge >= 0.3 is 0 Å². The molecule has 8 heteroatoms. The predicted octanol–water partition coefficient (Wildman–Crippen LogP) is 3.30. The van der Waals surface area contributed by atoms with Crippen molar-refractivity contribution < 1.29 is 19.1 Å². The molecule has 184 valence electrons. The minimum Gasteiger partial charge on any atom is -0.486 e. The highest BCUT2D eigenvalue weighted by Gasteiger charge is 2.69. The number of halogens is 1. The second-order valence-electron chi connectivity index (χ2n) is 11.7. The van der Waals surface area contributed by atoms with E-state index in [1.807, 2.05) is 0 Å². The molecule has 2 unspecified atom stereocenters. The van der Waals surface area contributed by atoms with Crippen LogP contribution >= 0.6 is 11.6 Å². The van der Waals surface area contributed by atoms with Gasteiger partial charge in [0.15, 0.2) is 0 Å². The average Bonchev–Trinajstić information content (AvgIpc) is 3.11. The summed E-state index contributed by atoms with van der Waals surface area (Å²) >= 11 is 7.04. The lowest BCUT2D eigenvalue weighted by Crippen LogP contribution is -2.74. The molecule has 2 heterocycles. The van der Waals surface area contributed by atoms with Crippen LogP contribution in [0.15, 0.2) is 6.07 Å². The number of primary amides is 1.